The summed E-state index contributed by atoms with van der Waals surface area (Å²) in [5, 5.41) is 19.5. The molecule has 0 fully saturated rings. The van der Waals surface area contributed by atoms with Gasteiger partial charge in [-0.05, 0) is 70.6 Å². The fourth-order valence-electron chi connectivity index (χ4n) is 4.62. The number of hydrogen-bond donors (Lipinski definition) is 4. The van der Waals surface area contributed by atoms with Gasteiger partial charge in [-0.3, -0.25) is 19.7 Å². The van der Waals surface area contributed by atoms with Crippen LogP contribution in [0.1, 0.15) is 70.2 Å². The van der Waals surface area contributed by atoms with Crippen LogP contribution in [-0.2, 0) is 27.2 Å². The minimum absolute atomic E-state index is 0.0777. The van der Waals surface area contributed by atoms with Crippen LogP contribution in [0.4, 0.5) is 10.5 Å². The Morgan fingerprint density at radius 3 is 2.27 bits per heavy atom. The molecule has 2 aromatic carbocycles. The van der Waals surface area contributed by atoms with Crippen LogP contribution in [0.2, 0.25) is 0 Å². The summed E-state index contributed by atoms with van der Waals surface area (Å²) in [4.78, 5) is 50.3. The first-order valence-corrected chi connectivity index (χ1v) is 13.7. The number of alkyl carbamates (subject to hydrolysis) is 1. The molecule has 2 unspecified atom stereocenters. The number of nitrogens with zero attached hydrogens (tertiary/aromatic N) is 1. The van der Waals surface area contributed by atoms with E-state index in [0.29, 0.717) is 5.56 Å². The number of thiol groups is 1. The van der Waals surface area contributed by atoms with Crippen molar-refractivity contribution in [2.45, 2.75) is 88.8 Å². The van der Waals surface area contributed by atoms with E-state index in [-0.39, 0.29) is 18.2 Å². The van der Waals surface area contributed by atoms with Gasteiger partial charge < -0.3 is 20.7 Å². The molecule has 3 atom stereocenters. The normalized spacial score (nSPS) is 16.6. The van der Waals surface area contributed by atoms with E-state index < -0.39 is 45.3 Å². The highest BCUT2D eigenvalue weighted by Crippen LogP contribution is 2.29. The second kappa shape index (κ2) is 12.7. The summed E-state index contributed by atoms with van der Waals surface area (Å²) in [6.45, 7) is 8.47. The lowest BCUT2D eigenvalue weighted by Crippen LogP contribution is -2.60. The summed E-state index contributed by atoms with van der Waals surface area (Å²) < 4.78 is 4.33. The maximum absolute atomic E-state index is 13.7. The zero-order valence-corrected chi connectivity index (χ0v) is 24.4. The largest absolute Gasteiger partial charge is 0.444 e. The van der Waals surface area contributed by atoms with Crippen molar-refractivity contribution in [2.75, 3.05) is 0 Å². The third-order valence-corrected chi connectivity index (χ3v) is 6.79. The van der Waals surface area contributed by atoms with Crippen molar-refractivity contribution < 1.29 is 24.0 Å². The summed E-state index contributed by atoms with van der Waals surface area (Å²) in [6.07, 6.45) is 1.89. The first-order chi connectivity index (χ1) is 18.6. The van der Waals surface area contributed by atoms with Gasteiger partial charge in [0.25, 0.3) is 5.69 Å². The summed E-state index contributed by atoms with van der Waals surface area (Å²) in [5.74, 6) is -1.02. The number of fused-ring (bicyclic) bond motifs is 1. The van der Waals surface area contributed by atoms with Gasteiger partial charge in [0, 0.05) is 23.3 Å². The average Bonchev–Trinajstić information content (AvgIpc) is 2.85. The monoisotopic (exact) mass is 570 g/mol. The average molecular weight is 571 g/mol. The van der Waals surface area contributed by atoms with Gasteiger partial charge in [0.05, 0.1) is 11.0 Å². The Kier molecular flexibility index (Phi) is 9.83. The van der Waals surface area contributed by atoms with Crippen molar-refractivity contribution in [3.05, 3.63) is 75.3 Å². The second-order valence-corrected chi connectivity index (χ2v) is 12.7. The SMILES string of the molecule is CC(C)(C)OC(=O)N[C@H](C(=O)NC(Cc1ccc([N+](=O)[O-])cc1)C(=O)NC1CCCc2ccccc21)C(C)(C)S. The molecule has 3 amide bonds. The number of non-ortho nitro benzene ring substituents is 1. The predicted octanol–water partition coefficient (Wildman–Crippen LogP) is 4.42. The van der Waals surface area contributed by atoms with E-state index in [1.807, 2.05) is 24.3 Å². The Labute approximate surface area is 240 Å². The molecule has 0 saturated heterocycles. The van der Waals surface area contributed by atoms with Crippen molar-refractivity contribution in [1.82, 2.24) is 16.0 Å². The second-order valence-electron chi connectivity index (χ2n) is 11.6. The van der Waals surface area contributed by atoms with Crippen LogP contribution in [0.25, 0.3) is 0 Å². The molecule has 0 spiro atoms. The molecule has 0 saturated carbocycles. The quantitative estimate of drug-likeness (QED) is 0.200. The summed E-state index contributed by atoms with van der Waals surface area (Å²) in [6, 6.07) is 11.4. The van der Waals surface area contributed by atoms with Gasteiger partial charge in [-0.1, -0.05) is 36.4 Å². The van der Waals surface area contributed by atoms with Gasteiger partial charge in [-0.15, -0.1) is 0 Å². The molecule has 2 aromatic rings. The van der Waals surface area contributed by atoms with E-state index in [9.17, 15) is 24.5 Å². The maximum Gasteiger partial charge on any atom is 0.408 e. The summed E-state index contributed by atoms with van der Waals surface area (Å²) in [7, 11) is 0. The summed E-state index contributed by atoms with van der Waals surface area (Å²) >= 11 is 4.52. The Morgan fingerprint density at radius 2 is 1.68 bits per heavy atom. The van der Waals surface area contributed by atoms with Crippen molar-refractivity contribution >= 4 is 36.2 Å². The number of carbonyl (C=O) groups excluding carboxylic acids is 3. The van der Waals surface area contributed by atoms with E-state index in [0.717, 1.165) is 24.8 Å². The van der Waals surface area contributed by atoms with Crippen LogP contribution in [0, 0.1) is 10.1 Å². The number of nitrogens with one attached hydrogen (secondary N) is 3. The first kappa shape index (κ1) is 30.9. The molecule has 0 radical (unpaired) electrons. The molecular weight excluding hydrogens is 532 g/mol. The molecule has 3 N–H and O–H groups in total. The van der Waals surface area contributed by atoms with E-state index >= 15 is 0 Å². The smallest absolute Gasteiger partial charge is 0.408 e. The van der Waals surface area contributed by atoms with Gasteiger partial charge in [0.1, 0.15) is 17.7 Å². The van der Waals surface area contributed by atoms with Crippen molar-refractivity contribution in [1.29, 1.82) is 0 Å². The Balaban J connectivity index is 1.85. The van der Waals surface area contributed by atoms with Crippen LogP contribution < -0.4 is 16.0 Å². The lowest BCUT2D eigenvalue weighted by Gasteiger charge is -2.32. The number of ether oxygens (including phenoxy) is 1. The fraction of sp³-hybridized carbons (Fsp3) is 0.483. The van der Waals surface area contributed by atoms with Crippen LogP contribution in [0.15, 0.2) is 48.5 Å². The third-order valence-electron chi connectivity index (χ3n) is 6.54. The molecule has 216 valence electrons. The van der Waals surface area contributed by atoms with Crippen molar-refractivity contribution in [3.8, 4) is 0 Å². The molecule has 10 nitrogen and oxygen atoms in total. The highest BCUT2D eigenvalue weighted by Gasteiger charge is 2.37. The molecule has 1 aliphatic carbocycles. The molecule has 1 aliphatic rings. The van der Waals surface area contributed by atoms with Gasteiger partial charge >= 0.3 is 6.09 Å². The van der Waals surface area contributed by atoms with Gasteiger partial charge in [-0.25, -0.2) is 4.79 Å². The predicted molar refractivity (Wildman–Crippen MR) is 155 cm³/mol. The molecule has 0 bridgehead atoms. The lowest BCUT2D eigenvalue weighted by molar-refractivity contribution is -0.384. The number of nitro groups is 1. The maximum atomic E-state index is 13.7. The van der Waals surface area contributed by atoms with E-state index in [1.165, 1.54) is 17.7 Å². The molecule has 40 heavy (non-hydrogen) atoms. The van der Waals surface area contributed by atoms with E-state index in [2.05, 4.69) is 28.6 Å². The third kappa shape index (κ3) is 8.70. The number of nitro benzene ring substituents is 1. The zero-order valence-electron chi connectivity index (χ0n) is 23.5. The Bertz CT molecular complexity index is 1240. The number of amides is 3. The topological polar surface area (TPSA) is 140 Å². The standard InChI is InChI=1S/C29H38N4O6S/c1-28(2,3)39-27(36)32-24(29(4,5)40)26(35)31-23(17-18-13-15-20(16-14-18)33(37)38)25(34)30-22-12-8-10-19-9-6-7-11-21(19)22/h6-7,9,11,13-16,22-24,40H,8,10,12,17H2,1-5H3,(H,30,34)(H,31,35)(H,32,36)/t22?,23?,24-/m1/s1. The van der Waals surface area contributed by atoms with E-state index in [4.69, 9.17) is 4.74 Å². The zero-order chi connectivity index (χ0) is 29.7. The number of carbonyl (C=O) groups is 3. The van der Waals surface area contributed by atoms with Gasteiger partial charge in [-0.2, -0.15) is 12.6 Å². The highest BCUT2D eigenvalue weighted by molar-refractivity contribution is 7.81. The number of aryl methyl sites for hydroxylation is 1. The van der Waals surface area contributed by atoms with E-state index in [1.54, 1.807) is 46.8 Å². The van der Waals surface area contributed by atoms with Crippen LogP contribution in [-0.4, -0.2) is 45.3 Å². The molecule has 0 aromatic heterocycles. The minimum atomic E-state index is -1.13. The highest BCUT2D eigenvalue weighted by atomic mass is 32.1. The molecule has 11 heteroatoms. The van der Waals surface area contributed by atoms with Gasteiger partial charge in [0.2, 0.25) is 11.8 Å². The number of hydrogen-bond acceptors (Lipinski definition) is 7. The van der Waals surface area contributed by atoms with Crippen LogP contribution in [0.5, 0.6) is 0 Å². The molecule has 0 aliphatic heterocycles. The van der Waals surface area contributed by atoms with Crippen LogP contribution >= 0.6 is 12.6 Å². The number of rotatable bonds is 9. The first-order valence-electron chi connectivity index (χ1n) is 13.3. The fourth-order valence-corrected chi connectivity index (χ4v) is 4.80. The lowest BCUT2D eigenvalue weighted by atomic mass is 9.87. The Morgan fingerprint density at radius 1 is 1.02 bits per heavy atom. The Hall–Kier alpha value is -3.60. The van der Waals surface area contributed by atoms with Crippen molar-refractivity contribution in [2.24, 2.45) is 0 Å². The van der Waals surface area contributed by atoms with Crippen molar-refractivity contribution in [3.63, 3.8) is 0 Å². The minimum Gasteiger partial charge on any atom is -0.444 e. The van der Waals surface area contributed by atoms with Gasteiger partial charge in [0.15, 0.2) is 0 Å². The molecule has 3 rings (SSSR count). The molecule has 0 heterocycles. The number of benzene rings is 2. The van der Waals surface area contributed by atoms with Crippen LogP contribution in [0.3, 0.4) is 0 Å². The molecular formula is C29H38N4O6S. The summed E-state index contributed by atoms with van der Waals surface area (Å²) in [5.41, 5.74) is 1.99.